The summed E-state index contributed by atoms with van der Waals surface area (Å²) in [6.45, 7) is 0. The molecule has 0 amide bonds. The molecule has 322 valence electrons. The first-order valence-electron chi connectivity index (χ1n) is 23.4. The van der Waals surface area contributed by atoms with Gasteiger partial charge in [0.05, 0.1) is 27.8 Å². The summed E-state index contributed by atoms with van der Waals surface area (Å²) in [4.78, 5) is 4.59. The van der Waals surface area contributed by atoms with Crippen molar-refractivity contribution in [2.45, 2.75) is 0 Å². The van der Waals surface area contributed by atoms with E-state index in [-0.39, 0.29) is 0 Å². The van der Waals surface area contributed by atoms with Gasteiger partial charge in [0.2, 0.25) is 0 Å². The van der Waals surface area contributed by atoms with Gasteiger partial charge in [0.25, 0.3) is 0 Å². The highest BCUT2D eigenvalue weighted by atomic mass is 15.1. The van der Waals surface area contributed by atoms with Crippen molar-refractivity contribution in [3.05, 3.63) is 243 Å². The van der Waals surface area contributed by atoms with Gasteiger partial charge in [0.15, 0.2) is 0 Å². The monoisotopic (exact) mass is 870 g/mol. The van der Waals surface area contributed by atoms with Crippen molar-refractivity contribution in [2.24, 2.45) is 0 Å². The number of fused-ring (bicyclic) bond motifs is 8. The molecule has 0 bridgehead atoms. The van der Waals surface area contributed by atoms with Crippen LogP contribution in [0.3, 0.4) is 0 Å². The van der Waals surface area contributed by atoms with Gasteiger partial charge in [-0.3, -0.25) is 0 Å². The molecule has 13 aromatic rings. The molecule has 0 atom stereocenters. The Morgan fingerprint density at radius 2 is 0.882 bits per heavy atom. The molecule has 0 aliphatic rings. The fourth-order valence-corrected chi connectivity index (χ4v) is 10.7. The number of hydrogen-bond donors (Lipinski definition) is 0. The van der Waals surface area contributed by atoms with Crippen LogP contribution in [-0.2, 0) is 0 Å². The van der Waals surface area contributed by atoms with E-state index in [0.29, 0.717) is 0 Å². The number of para-hydroxylation sites is 3. The second-order valence-corrected chi connectivity index (χ2v) is 17.9. The first-order chi connectivity index (χ1) is 33.6. The van der Waals surface area contributed by atoms with Crippen molar-refractivity contribution < 1.29 is 0 Å². The molecule has 4 heteroatoms. The first kappa shape index (κ1) is 39.5. The molecule has 0 saturated carbocycles. The number of nitrogens with zero attached hydrogens (tertiary/aromatic N) is 4. The molecule has 0 aliphatic carbocycles. The van der Waals surface area contributed by atoms with Gasteiger partial charge in [0, 0.05) is 69.5 Å². The van der Waals surface area contributed by atoms with Crippen LogP contribution < -0.4 is 9.80 Å². The molecule has 0 N–H and O–H groups in total. The normalized spacial score (nSPS) is 11.7. The molecular formula is C64H46N4. The van der Waals surface area contributed by atoms with Crippen LogP contribution >= 0.6 is 0 Å². The lowest BCUT2D eigenvalue weighted by Gasteiger charge is -2.23. The standard InChI is InChI=1S/C64H46N4/c1-65(47-21-7-4-8-22-47)49-37-38-62-57(40-49)55-23-11-13-28-59(55)68(62)60-30-16-26-52-53(25-15-27-54(52)60)58-41-51(66(2)48-34-31-45(32-35-48)43-17-5-3-6-18-43)42-63-64(58)56-24-12-14-29-61(56)67(63)50-36-33-44-19-9-10-20-46(44)39-50/h3-42H,1-2H3. The van der Waals surface area contributed by atoms with E-state index in [2.05, 4.69) is 276 Å². The Morgan fingerprint density at radius 1 is 0.294 bits per heavy atom. The molecule has 68 heavy (non-hydrogen) atoms. The molecule has 4 nitrogen and oxygen atoms in total. The SMILES string of the molecule is CN(c1ccccc1)c1ccc2c(c1)c1ccccc1n2-c1cccc2c(-c3cc(N(C)c4ccc(-c5ccccc5)cc4)cc4c3c3ccccc3n4-c3ccc4ccccc4c3)cccc12. The van der Waals surface area contributed by atoms with E-state index in [1.165, 1.54) is 81.9 Å². The summed E-state index contributed by atoms with van der Waals surface area (Å²) >= 11 is 0. The van der Waals surface area contributed by atoms with Gasteiger partial charge in [-0.2, -0.15) is 0 Å². The predicted octanol–water partition coefficient (Wildman–Crippen LogP) is 17.1. The molecule has 0 spiro atoms. The van der Waals surface area contributed by atoms with Crippen LogP contribution in [0.25, 0.3) is 98.8 Å². The second-order valence-electron chi connectivity index (χ2n) is 17.9. The second kappa shape index (κ2) is 15.9. The van der Waals surface area contributed by atoms with Crippen LogP contribution in [0.15, 0.2) is 243 Å². The number of aromatic nitrogens is 2. The van der Waals surface area contributed by atoms with Crippen molar-refractivity contribution in [2.75, 3.05) is 23.9 Å². The first-order valence-corrected chi connectivity index (χ1v) is 23.4. The molecule has 0 aliphatic heterocycles. The number of benzene rings is 11. The quantitative estimate of drug-likeness (QED) is 0.151. The molecule has 0 saturated heterocycles. The minimum absolute atomic E-state index is 1.11. The Kier molecular flexibility index (Phi) is 9.26. The summed E-state index contributed by atoms with van der Waals surface area (Å²) in [5, 5.41) is 9.75. The molecule has 0 unspecified atom stereocenters. The zero-order chi connectivity index (χ0) is 45.3. The Hall–Kier alpha value is -8.86. The van der Waals surface area contributed by atoms with Crippen LogP contribution in [0.2, 0.25) is 0 Å². The van der Waals surface area contributed by atoms with E-state index in [1.54, 1.807) is 0 Å². The van der Waals surface area contributed by atoms with Crippen LogP contribution in [0, 0.1) is 0 Å². The predicted molar refractivity (Wildman–Crippen MR) is 290 cm³/mol. The fraction of sp³-hybridized carbons (Fsp3) is 0.0312. The highest BCUT2D eigenvalue weighted by molar-refractivity contribution is 6.20. The number of hydrogen-bond acceptors (Lipinski definition) is 2. The largest absolute Gasteiger partial charge is 0.345 e. The lowest BCUT2D eigenvalue weighted by Crippen LogP contribution is -2.10. The summed E-state index contributed by atoms with van der Waals surface area (Å²) < 4.78 is 4.93. The molecule has 2 heterocycles. The van der Waals surface area contributed by atoms with Crippen molar-refractivity contribution in [3.63, 3.8) is 0 Å². The van der Waals surface area contributed by atoms with Crippen LogP contribution in [-0.4, -0.2) is 23.2 Å². The van der Waals surface area contributed by atoms with Gasteiger partial charge in [-0.25, -0.2) is 0 Å². The highest BCUT2D eigenvalue weighted by Gasteiger charge is 2.22. The lowest BCUT2D eigenvalue weighted by atomic mass is 9.93. The van der Waals surface area contributed by atoms with Crippen molar-refractivity contribution in [1.82, 2.24) is 9.13 Å². The maximum absolute atomic E-state index is 2.47. The van der Waals surface area contributed by atoms with Gasteiger partial charge in [0.1, 0.15) is 0 Å². The van der Waals surface area contributed by atoms with E-state index in [1.807, 2.05) is 0 Å². The Balaban J connectivity index is 1.04. The highest BCUT2D eigenvalue weighted by Crippen LogP contribution is 2.46. The summed E-state index contributed by atoms with van der Waals surface area (Å²) in [7, 11) is 4.34. The van der Waals surface area contributed by atoms with Crippen LogP contribution in [0.5, 0.6) is 0 Å². The average molecular weight is 871 g/mol. The average Bonchev–Trinajstić information content (AvgIpc) is 3.93. The Morgan fingerprint density at radius 3 is 1.69 bits per heavy atom. The molecule has 0 radical (unpaired) electrons. The van der Waals surface area contributed by atoms with Crippen molar-refractivity contribution in [3.8, 4) is 33.6 Å². The third-order valence-corrected chi connectivity index (χ3v) is 14.1. The summed E-state index contributed by atoms with van der Waals surface area (Å²) in [5.41, 5.74) is 16.3. The van der Waals surface area contributed by atoms with Crippen LogP contribution in [0.4, 0.5) is 22.7 Å². The van der Waals surface area contributed by atoms with Gasteiger partial charge < -0.3 is 18.9 Å². The zero-order valence-corrected chi connectivity index (χ0v) is 37.9. The van der Waals surface area contributed by atoms with E-state index in [9.17, 15) is 0 Å². The minimum atomic E-state index is 1.11. The van der Waals surface area contributed by atoms with Gasteiger partial charge in [-0.15, -0.1) is 0 Å². The maximum Gasteiger partial charge on any atom is 0.0568 e. The Labute approximate surface area is 395 Å². The van der Waals surface area contributed by atoms with E-state index in [4.69, 9.17) is 0 Å². The van der Waals surface area contributed by atoms with Gasteiger partial charge in [-0.05, 0) is 123 Å². The summed E-state index contributed by atoms with van der Waals surface area (Å²) in [6.07, 6.45) is 0. The molecule has 0 fully saturated rings. The molecule has 2 aromatic heterocycles. The smallest absolute Gasteiger partial charge is 0.0568 e. The summed E-state index contributed by atoms with van der Waals surface area (Å²) in [5.74, 6) is 0. The van der Waals surface area contributed by atoms with Crippen molar-refractivity contribution >= 4 is 87.9 Å². The third-order valence-electron chi connectivity index (χ3n) is 14.1. The maximum atomic E-state index is 2.47. The zero-order valence-electron chi connectivity index (χ0n) is 37.9. The van der Waals surface area contributed by atoms with Gasteiger partial charge >= 0.3 is 0 Å². The number of anilines is 4. The molecule has 13 rings (SSSR count). The topological polar surface area (TPSA) is 16.3 Å². The van der Waals surface area contributed by atoms with Gasteiger partial charge in [-0.1, -0.05) is 158 Å². The number of rotatable bonds is 8. The minimum Gasteiger partial charge on any atom is -0.345 e. The van der Waals surface area contributed by atoms with E-state index in [0.717, 1.165) is 39.6 Å². The lowest BCUT2D eigenvalue weighted by molar-refractivity contribution is 1.17. The van der Waals surface area contributed by atoms with Crippen molar-refractivity contribution in [1.29, 1.82) is 0 Å². The molecule has 11 aromatic carbocycles. The third kappa shape index (κ3) is 6.37. The summed E-state index contributed by atoms with van der Waals surface area (Å²) in [6, 6.07) is 88.7. The van der Waals surface area contributed by atoms with E-state index >= 15 is 0 Å². The van der Waals surface area contributed by atoms with E-state index < -0.39 is 0 Å². The fourth-order valence-electron chi connectivity index (χ4n) is 10.7. The van der Waals surface area contributed by atoms with Crippen LogP contribution in [0.1, 0.15) is 0 Å². The Bertz CT molecular complexity index is 4050. The molecular weight excluding hydrogens is 825 g/mol.